The summed E-state index contributed by atoms with van der Waals surface area (Å²) in [5, 5.41) is 0. The van der Waals surface area contributed by atoms with Crippen LogP contribution in [0.5, 0.6) is 5.75 Å². The molecule has 0 unspecified atom stereocenters. The summed E-state index contributed by atoms with van der Waals surface area (Å²) in [4.78, 5) is 6.85. The number of halogens is 3. The molecule has 0 aromatic heterocycles. The van der Waals surface area contributed by atoms with E-state index in [2.05, 4.69) is 9.64 Å². The maximum atomic E-state index is 12.6. The highest BCUT2D eigenvalue weighted by atomic mass is 19.4. The number of alkyl halides is 3. The summed E-state index contributed by atoms with van der Waals surface area (Å²) >= 11 is 0. The zero-order valence-electron chi connectivity index (χ0n) is 13.3. The number of para-hydroxylation sites is 2. The topological polar surface area (TPSA) is 24.8 Å². The number of aliphatic imine (C=N–C) groups is 1. The van der Waals surface area contributed by atoms with Crippen molar-refractivity contribution in [1.82, 2.24) is 4.90 Å². The predicted octanol–water partition coefficient (Wildman–Crippen LogP) is 4.92. The van der Waals surface area contributed by atoms with Crippen LogP contribution in [0, 0.1) is 0 Å². The molecule has 0 aliphatic carbocycles. The molecule has 0 spiro atoms. The zero-order chi connectivity index (χ0) is 17.4. The lowest BCUT2D eigenvalue weighted by atomic mass is 10.1. The average molecular weight is 344 g/mol. The fraction of sp³-hybridized carbons (Fsp3) is 0.211. The molecule has 0 N–H and O–H groups in total. The number of rotatable bonds is 2. The van der Waals surface area contributed by atoms with Crippen LogP contribution in [0.3, 0.4) is 0 Å². The number of benzene rings is 2. The van der Waals surface area contributed by atoms with E-state index in [0.29, 0.717) is 5.56 Å². The van der Waals surface area contributed by atoms with E-state index < -0.39 is 6.36 Å². The normalized spacial score (nSPS) is 18.0. The molecule has 2 aromatic carbocycles. The van der Waals surface area contributed by atoms with Crippen molar-refractivity contribution in [1.29, 1.82) is 0 Å². The Morgan fingerprint density at radius 2 is 1.80 bits per heavy atom. The largest absolute Gasteiger partial charge is 0.573 e. The highest BCUT2D eigenvalue weighted by Crippen LogP contribution is 2.34. The summed E-state index contributed by atoms with van der Waals surface area (Å²) in [6.45, 7) is 1.58. The van der Waals surface area contributed by atoms with E-state index in [9.17, 15) is 13.2 Å². The molecule has 2 aromatic rings. The van der Waals surface area contributed by atoms with Gasteiger partial charge < -0.3 is 9.64 Å². The van der Waals surface area contributed by atoms with Crippen LogP contribution in [-0.4, -0.2) is 23.6 Å². The monoisotopic (exact) mass is 344 g/mol. The lowest BCUT2D eigenvalue weighted by Gasteiger charge is -2.24. The van der Waals surface area contributed by atoms with Gasteiger partial charge in [0.1, 0.15) is 11.6 Å². The first-order valence-corrected chi connectivity index (χ1v) is 7.97. The standard InChI is InChI=1S/C19H15F3N2O/c20-19(21,22)25-17-8-4-2-5-13(17)11-14-9-10-24-12-15-6-1-3-7-16(15)23-18(14)24/h1-8,11H,9-10,12H2/b14-11+. The third-order valence-electron chi connectivity index (χ3n) is 4.29. The minimum atomic E-state index is -4.71. The van der Waals surface area contributed by atoms with Gasteiger partial charge in [-0.1, -0.05) is 36.4 Å². The van der Waals surface area contributed by atoms with Crippen molar-refractivity contribution >= 4 is 17.6 Å². The van der Waals surface area contributed by atoms with Crippen LogP contribution in [-0.2, 0) is 6.54 Å². The summed E-state index contributed by atoms with van der Waals surface area (Å²) in [7, 11) is 0. The second-order valence-corrected chi connectivity index (χ2v) is 5.99. The summed E-state index contributed by atoms with van der Waals surface area (Å²) < 4.78 is 41.9. The van der Waals surface area contributed by atoms with E-state index >= 15 is 0 Å². The molecule has 6 heteroatoms. The molecule has 1 saturated heterocycles. The fourth-order valence-corrected chi connectivity index (χ4v) is 3.19. The molecule has 0 saturated carbocycles. The van der Waals surface area contributed by atoms with Crippen LogP contribution in [0.4, 0.5) is 18.9 Å². The van der Waals surface area contributed by atoms with Gasteiger partial charge in [0.25, 0.3) is 0 Å². The summed E-state index contributed by atoms with van der Waals surface area (Å²) in [6, 6.07) is 14.1. The Hall–Kier alpha value is -2.76. The van der Waals surface area contributed by atoms with Gasteiger partial charge in [0, 0.05) is 18.7 Å². The molecule has 0 atom stereocenters. The Morgan fingerprint density at radius 3 is 2.64 bits per heavy atom. The van der Waals surface area contributed by atoms with Crippen molar-refractivity contribution in [2.75, 3.05) is 6.54 Å². The second-order valence-electron chi connectivity index (χ2n) is 5.99. The van der Waals surface area contributed by atoms with Crippen LogP contribution >= 0.6 is 0 Å². The molecule has 0 amide bonds. The Kier molecular flexibility index (Phi) is 3.75. The van der Waals surface area contributed by atoms with Gasteiger partial charge in [-0.2, -0.15) is 0 Å². The van der Waals surface area contributed by atoms with Crippen LogP contribution in [0.1, 0.15) is 17.5 Å². The third kappa shape index (κ3) is 3.24. The number of hydrogen-bond acceptors (Lipinski definition) is 3. The first-order valence-electron chi connectivity index (χ1n) is 7.97. The van der Waals surface area contributed by atoms with Crippen molar-refractivity contribution < 1.29 is 17.9 Å². The minimum absolute atomic E-state index is 0.197. The fourth-order valence-electron chi connectivity index (χ4n) is 3.19. The third-order valence-corrected chi connectivity index (χ3v) is 4.29. The lowest BCUT2D eigenvalue weighted by molar-refractivity contribution is -0.274. The Balaban J connectivity index is 1.71. The zero-order valence-corrected chi connectivity index (χ0v) is 13.3. The van der Waals surface area contributed by atoms with Gasteiger partial charge in [-0.25, -0.2) is 4.99 Å². The van der Waals surface area contributed by atoms with Crippen LogP contribution in [0.25, 0.3) is 6.08 Å². The van der Waals surface area contributed by atoms with Crippen molar-refractivity contribution in [3.63, 3.8) is 0 Å². The van der Waals surface area contributed by atoms with Crippen molar-refractivity contribution in [2.24, 2.45) is 4.99 Å². The molecular formula is C19H15F3N2O. The van der Waals surface area contributed by atoms with Gasteiger partial charge in [-0.05, 0) is 35.8 Å². The van der Waals surface area contributed by atoms with Crippen molar-refractivity contribution in [2.45, 2.75) is 19.3 Å². The van der Waals surface area contributed by atoms with Gasteiger partial charge in [0.2, 0.25) is 0 Å². The van der Waals surface area contributed by atoms with Gasteiger partial charge in [0.15, 0.2) is 0 Å². The first-order chi connectivity index (χ1) is 12.0. The predicted molar refractivity (Wildman–Crippen MR) is 89.7 cm³/mol. The van der Waals surface area contributed by atoms with E-state index in [1.807, 2.05) is 24.3 Å². The summed E-state index contributed by atoms with van der Waals surface area (Å²) in [6.07, 6.45) is -2.22. The van der Waals surface area contributed by atoms with E-state index in [1.54, 1.807) is 18.2 Å². The lowest BCUT2D eigenvalue weighted by Crippen LogP contribution is -2.27. The Morgan fingerprint density at radius 1 is 1.04 bits per heavy atom. The van der Waals surface area contributed by atoms with Crippen LogP contribution < -0.4 is 4.74 Å². The molecule has 2 aliphatic heterocycles. The molecule has 25 heavy (non-hydrogen) atoms. The highest BCUT2D eigenvalue weighted by molar-refractivity contribution is 6.06. The molecular weight excluding hydrogens is 329 g/mol. The molecule has 4 rings (SSSR count). The SMILES string of the molecule is FC(F)(F)Oc1ccccc1/C=C1\CCN2Cc3ccccc3N=C12. The number of ether oxygens (including phenoxy) is 1. The van der Waals surface area contributed by atoms with E-state index in [4.69, 9.17) is 4.99 Å². The number of amidine groups is 1. The number of nitrogens with zero attached hydrogens (tertiary/aromatic N) is 2. The maximum absolute atomic E-state index is 12.6. The molecule has 2 aliphatic rings. The smallest absolute Gasteiger partial charge is 0.405 e. The van der Waals surface area contributed by atoms with Gasteiger partial charge in [-0.15, -0.1) is 13.2 Å². The van der Waals surface area contributed by atoms with Gasteiger partial charge in [-0.3, -0.25) is 0 Å². The van der Waals surface area contributed by atoms with E-state index in [-0.39, 0.29) is 5.75 Å². The molecule has 0 bridgehead atoms. The van der Waals surface area contributed by atoms with E-state index in [0.717, 1.165) is 42.2 Å². The maximum Gasteiger partial charge on any atom is 0.573 e. The van der Waals surface area contributed by atoms with Crippen molar-refractivity contribution in [3.8, 4) is 5.75 Å². The van der Waals surface area contributed by atoms with Gasteiger partial charge in [0.05, 0.1) is 5.69 Å². The van der Waals surface area contributed by atoms with E-state index in [1.165, 1.54) is 12.1 Å². The Bertz CT molecular complexity index is 871. The highest BCUT2D eigenvalue weighted by Gasteiger charge is 2.32. The minimum Gasteiger partial charge on any atom is -0.405 e. The number of hydrogen-bond donors (Lipinski definition) is 0. The Labute approximate surface area is 143 Å². The second kappa shape index (κ2) is 5.95. The molecule has 0 radical (unpaired) electrons. The first kappa shape index (κ1) is 15.7. The summed E-state index contributed by atoms with van der Waals surface area (Å²) in [5.74, 6) is 0.637. The molecule has 3 nitrogen and oxygen atoms in total. The summed E-state index contributed by atoms with van der Waals surface area (Å²) in [5.41, 5.74) is 3.40. The number of fused-ring (bicyclic) bond motifs is 2. The van der Waals surface area contributed by atoms with Gasteiger partial charge >= 0.3 is 6.36 Å². The quantitative estimate of drug-likeness (QED) is 0.773. The molecule has 1 fully saturated rings. The van der Waals surface area contributed by atoms with Crippen LogP contribution in [0.15, 0.2) is 59.1 Å². The molecule has 2 heterocycles. The average Bonchev–Trinajstić information content (AvgIpc) is 2.95. The van der Waals surface area contributed by atoms with Crippen LogP contribution in [0.2, 0.25) is 0 Å². The molecule has 128 valence electrons. The van der Waals surface area contributed by atoms with Crippen molar-refractivity contribution in [3.05, 3.63) is 65.2 Å².